The third-order valence-electron chi connectivity index (χ3n) is 3.61. The minimum absolute atomic E-state index is 0.0918. The zero-order valence-electron chi connectivity index (χ0n) is 11.9. The highest BCUT2D eigenvalue weighted by molar-refractivity contribution is 6.30. The fraction of sp³-hybridized carbons (Fsp3) is 0.188. The Bertz CT molecular complexity index is 784. The topological polar surface area (TPSA) is 55.3 Å². The van der Waals surface area contributed by atoms with Crippen molar-refractivity contribution in [3.8, 4) is 0 Å². The van der Waals surface area contributed by atoms with Gasteiger partial charge in [0.25, 0.3) is 6.01 Å². The van der Waals surface area contributed by atoms with Gasteiger partial charge in [-0.25, -0.2) is 0 Å². The Kier molecular flexibility index (Phi) is 3.47. The van der Waals surface area contributed by atoms with Gasteiger partial charge in [0.2, 0.25) is 0 Å². The van der Waals surface area contributed by atoms with Crippen LogP contribution in [0.3, 0.4) is 0 Å². The van der Waals surface area contributed by atoms with Gasteiger partial charge in [0.15, 0.2) is 5.58 Å². The van der Waals surface area contributed by atoms with E-state index in [0.29, 0.717) is 11.7 Å². The van der Waals surface area contributed by atoms with Crippen molar-refractivity contribution in [3.05, 3.63) is 53.1 Å². The van der Waals surface area contributed by atoms with Crippen LogP contribution in [0.2, 0.25) is 5.02 Å². The highest BCUT2D eigenvalue weighted by atomic mass is 35.5. The number of nitrogen functional groups attached to an aromatic ring is 1. The number of nitrogens with zero attached hydrogens (tertiary/aromatic N) is 2. The Morgan fingerprint density at radius 2 is 2.05 bits per heavy atom. The molecule has 0 aliphatic rings. The number of anilines is 2. The van der Waals surface area contributed by atoms with Gasteiger partial charge in [-0.1, -0.05) is 23.7 Å². The molecule has 3 rings (SSSR count). The van der Waals surface area contributed by atoms with Crippen molar-refractivity contribution in [2.45, 2.75) is 13.0 Å². The van der Waals surface area contributed by atoms with E-state index in [2.05, 4.69) is 11.9 Å². The lowest BCUT2D eigenvalue weighted by molar-refractivity contribution is 0.557. The molecule has 0 amide bonds. The summed E-state index contributed by atoms with van der Waals surface area (Å²) in [6, 6.07) is 13.9. The maximum Gasteiger partial charge on any atom is 0.298 e. The van der Waals surface area contributed by atoms with Crippen LogP contribution < -0.4 is 10.6 Å². The lowest BCUT2D eigenvalue weighted by atomic mass is 10.1. The number of rotatable bonds is 3. The molecule has 2 N–H and O–H groups in total. The van der Waals surface area contributed by atoms with Gasteiger partial charge in [-0.2, -0.15) is 4.98 Å². The third kappa shape index (κ3) is 2.67. The van der Waals surface area contributed by atoms with Crippen LogP contribution in [0.15, 0.2) is 46.9 Å². The standard InChI is InChI=1S/C16H16ClN3O/c1-10(11-4-3-5-12(17)8-11)20(2)16-19-14-9-13(18)6-7-15(14)21-16/h3-10H,18H2,1-2H3. The van der Waals surface area contributed by atoms with Crippen LogP contribution in [0.25, 0.3) is 11.1 Å². The van der Waals surface area contributed by atoms with E-state index in [-0.39, 0.29) is 6.04 Å². The first kappa shape index (κ1) is 13.8. The van der Waals surface area contributed by atoms with E-state index in [9.17, 15) is 0 Å². The largest absolute Gasteiger partial charge is 0.423 e. The smallest absolute Gasteiger partial charge is 0.298 e. The van der Waals surface area contributed by atoms with Gasteiger partial charge in [-0.15, -0.1) is 0 Å². The van der Waals surface area contributed by atoms with Crippen molar-refractivity contribution in [2.24, 2.45) is 0 Å². The molecule has 21 heavy (non-hydrogen) atoms. The van der Waals surface area contributed by atoms with E-state index >= 15 is 0 Å². The van der Waals surface area contributed by atoms with Gasteiger partial charge in [-0.3, -0.25) is 0 Å². The molecule has 1 aromatic heterocycles. The molecule has 0 bridgehead atoms. The molecule has 4 nitrogen and oxygen atoms in total. The van der Waals surface area contributed by atoms with E-state index in [1.807, 2.05) is 42.3 Å². The fourth-order valence-electron chi connectivity index (χ4n) is 2.24. The van der Waals surface area contributed by atoms with Gasteiger partial charge in [0.05, 0.1) is 6.04 Å². The van der Waals surface area contributed by atoms with E-state index in [1.54, 1.807) is 12.1 Å². The summed E-state index contributed by atoms with van der Waals surface area (Å²) < 4.78 is 5.78. The highest BCUT2D eigenvalue weighted by Crippen LogP contribution is 2.29. The van der Waals surface area contributed by atoms with Crippen molar-refractivity contribution in [2.75, 3.05) is 17.7 Å². The Labute approximate surface area is 128 Å². The summed E-state index contributed by atoms with van der Waals surface area (Å²) in [6.07, 6.45) is 0. The van der Waals surface area contributed by atoms with Crippen LogP contribution >= 0.6 is 11.6 Å². The fourth-order valence-corrected chi connectivity index (χ4v) is 2.44. The number of aromatic nitrogens is 1. The summed E-state index contributed by atoms with van der Waals surface area (Å²) in [7, 11) is 1.94. The van der Waals surface area contributed by atoms with Crippen LogP contribution in [0, 0.1) is 0 Å². The van der Waals surface area contributed by atoms with Crippen molar-refractivity contribution in [1.29, 1.82) is 0 Å². The average molecular weight is 302 g/mol. The zero-order chi connectivity index (χ0) is 15.0. The summed E-state index contributed by atoms with van der Waals surface area (Å²) in [5.41, 5.74) is 9.03. The summed E-state index contributed by atoms with van der Waals surface area (Å²) in [5.74, 6) is 0. The van der Waals surface area contributed by atoms with Gasteiger partial charge in [0, 0.05) is 17.8 Å². The van der Waals surface area contributed by atoms with Crippen LogP contribution in [0.1, 0.15) is 18.5 Å². The van der Waals surface area contributed by atoms with E-state index in [1.165, 1.54) is 0 Å². The first-order valence-corrected chi connectivity index (χ1v) is 7.07. The lowest BCUT2D eigenvalue weighted by Gasteiger charge is -2.23. The van der Waals surface area contributed by atoms with Gasteiger partial charge >= 0.3 is 0 Å². The molecule has 0 saturated carbocycles. The predicted octanol–water partition coefficient (Wildman–Crippen LogP) is 4.26. The Hall–Kier alpha value is -2.20. The Balaban J connectivity index is 1.94. The van der Waals surface area contributed by atoms with Crippen LogP contribution in [-0.4, -0.2) is 12.0 Å². The number of hydrogen-bond acceptors (Lipinski definition) is 4. The third-order valence-corrected chi connectivity index (χ3v) is 3.85. The van der Waals surface area contributed by atoms with Crippen LogP contribution in [-0.2, 0) is 0 Å². The summed E-state index contributed by atoms with van der Waals surface area (Å²) >= 11 is 6.05. The SMILES string of the molecule is CC(c1cccc(Cl)c1)N(C)c1nc2cc(N)ccc2o1. The Morgan fingerprint density at radius 1 is 1.24 bits per heavy atom. The monoisotopic (exact) mass is 301 g/mol. The molecular formula is C16H16ClN3O. The molecule has 0 fully saturated rings. The van der Waals surface area contributed by atoms with E-state index in [0.717, 1.165) is 21.7 Å². The summed E-state index contributed by atoms with van der Waals surface area (Å²) in [6.45, 7) is 2.08. The van der Waals surface area contributed by atoms with Crippen LogP contribution in [0.5, 0.6) is 0 Å². The second-order valence-electron chi connectivity index (χ2n) is 5.07. The molecule has 0 radical (unpaired) electrons. The first-order valence-electron chi connectivity index (χ1n) is 6.69. The highest BCUT2D eigenvalue weighted by Gasteiger charge is 2.17. The zero-order valence-corrected chi connectivity index (χ0v) is 12.6. The Morgan fingerprint density at radius 3 is 2.81 bits per heavy atom. The van der Waals surface area contributed by atoms with Crippen molar-refractivity contribution >= 4 is 34.4 Å². The molecule has 1 unspecified atom stereocenters. The number of fused-ring (bicyclic) bond motifs is 1. The van der Waals surface area contributed by atoms with Gasteiger partial charge < -0.3 is 15.1 Å². The molecule has 0 spiro atoms. The molecule has 0 aliphatic heterocycles. The molecule has 108 valence electrons. The van der Waals surface area contributed by atoms with E-state index < -0.39 is 0 Å². The maximum atomic E-state index is 6.05. The molecule has 5 heteroatoms. The minimum atomic E-state index is 0.0918. The molecule has 0 saturated heterocycles. The normalized spacial score (nSPS) is 12.5. The summed E-state index contributed by atoms with van der Waals surface area (Å²) in [4.78, 5) is 6.46. The van der Waals surface area contributed by atoms with Gasteiger partial charge in [0.1, 0.15) is 5.52 Å². The number of halogens is 1. The van der Waals surface area contributed by atoms with Crippen molar-refractivity contribution < 1.29 is 4.42 Å². The molecule has 2 aromatic carbocycles. The van der Waals surface area contributed by atoms with Crippen molar-refractivity contribution in [1.82, 2.24) is 4.98 Å². The lowest BCUT2D eigenvalue weighted by Crippen LogP contribution is -2.21. The van der Waals surface area contributed by atoms with E-state index in [4.69, 9.17) is 21.8 Å². The van der Waals surface area contributed by atoms with Crippen molar-refractivity contribution in [3.63, 3.8) is 0 Å². The summed E-state index contributed by atoms with van der Waals surface area (Å²) in [5, 5.41) is 0.720. The molecule has 0 aliphatic carbocycles. The predicted molar refractivity (Wildman–Crippen MR) is 86.7 cm³/mol. The molecule has 1 atom stereocenters. The number of hydrogen-bond donors (Lipinski definition) is 1. The molecule has 3 aromatic rings. The quantitative estimate of drug-likeness (QED) is 0.734. The number of oxazole rings is 1. The van der Waals surface area contributed by atoms with Gasteiger partial charge in [-0.05, 0) is 42.8 Å². The molecular weight excluding hydrogens is 286 g/mol. The number of nitrogens with two attached hydrogens (primary N) is 1. The number of benzene rings is 2. The first-order chi connectivity index (χ1) is 10.0. The van der Waals surface area contributed by atoms with Crippen LogP contribution in [0.4, 0.5) is 11.7 Å². The average Bonchev–Trinajstić information content (AvgIpc) is 2.88. The molecule has 1 heterocycles. The second kappa shape index (κ2) is 5.30. The minimum Gasteiger partial charge on any atom is -0.423 e. The second-order valence-corrected chi connectivity index (χ2v) is 5.50. The maximum absolute atomic E-state index is 6.05.